The van der Waals surface area contributed by atoms with Gasteiger partial charge in [-0.3, -0.25) is 4.99 Å². The van der Waals surface area contributed by atoms with Gasteiger partial charge in [0.05, 0.1) is 6.54 Å². The number of hydrogen-bond acceptors (Lipinski definition) is 1. The molecule has 1 aliphatic rings. The summed E-state index contributed by atoms with van der Waals surface area (Å²) in [5, 5.41) is 0. The summed E-state index contributed by atoms with van der Waals surface area (Å²) >= 11 is 0. The van der Waals surface area contributed by atoms with Crippen molar-refractivity contribution in [3.63, 3.8) is 0 Å². The van der Waals surface area contributed by atoms with Crippen molar-refractivity contribution in [1.82, 2.24) is 0 Å². The van der Waals surface area contributed by atoms with Crippen LogP contribution in [-0.2, 0) is 0 Å². The Morgan fingerprint density at radius 3 is 2.69 bits per heavy atom. The summed E-state index contributed by atoms with van der Waals surface area (Å²) in [5.74, 6) is 0. The van der Waals surface area contributed by atoms with Crippen LogP contribution in [0.2, 0.25) is 0 Å². The molecule has 1 aromatic rings. The largest absolute Gasteiger partial charge is 0.285 e. The minimum absolute atomic E-state index is 0.890. The lowest BCUT2D eigenvalue weighted by molar-refractivity contribution is 0.691. The molecule has 2 rings (SSSR count). The third-order valence-electron chi connectivity index (χ3n) is 3.10. The zero-order valence-electron chi connectivity index (χ0n) is 9.95. The summed E-state index contributed by atoms with van der Waals surface area (Å²) < 4.78 is 0. The van der Waals surface area contributed by atoms with Gasteiger partial charge in [-0.2, -0.15) is 0 Å². The highest BCUT2D eigenvalue weighted by atomic mass is 14.7. The molecule has 1 heteroatoms. The van der Waals surface area contributed by atoms with E-state index in [-0.39, 0.29) is 0 Å². The Kier molecular flexibility index (Phi) is 3.92. The number of benzene rings is 1. The number of allylic oxidation sites excluding steroid dienone is 1. The molecule has 0 spiro atoms. The Morgan fingerprint density at radius 1 is 1.19 bits per heavy atom. The predicted molar refractivity (Wildman–Crippen MR) is 70.1 cm³/mol. The minimum atomic E-state index is 0.890. The van der Waals surface area contributed by atoms with Crippen LogP contribution in [0.4, 0.5) is 0 Å². The Balaban J connectivity index is 1.99. The summed E-state index contributed by atoms with van der Waals surface area (Å²) in [5.41, 5.74) is 3.90. The van der Waals surface area contributed by atoms with Crippen LogP contribution in [0.25, 0.3) is 0 Å². The van der Waals surface area contributed by atoms with Crippen LogP contribution in [0.15, 0.2) is 47.0 Å². The summed E-state index contributed by atoms with van der Waals surface area (Å²) in [6, 6.07) is 10.4. The van der Waals surface area contributed by atoms with E-state index in [0.717, 1.165) is 12.3 Å². The van der Waals surface area contributed by atoms with Gasteiger partial charge in [-0.1, -0.05) is 42.0 Å². The van der Waals surface area contributed by atoms with E-state index in [1.165, 1.54) is 36.8 Å². The van der Waals surface area contributed by atoms with Crippen LogP contribution in [0.1, 0.15) is 38.2 Å². The molecule has 84 valence electrons. The van der Waals surface area contributed by atoms with Crippen LogP contribution in [0.3, 0.4) is 0 Å². The molecule has 0 fully saturated rings. The molecule has 0 heterocycles. The van der Waals surface area contributed by atoms with Gasteiger partial charge in [-0.05, 0) is 38.2 Å². The van der Waals surface area contributed by atoms with Crippen molar-refractivity contribution in [2.45, 2.75) is 32.6 Å². The lowest BCUT2D eigenvalue weighted by Crippen LogP contribution is -2.00. The Labute approximate surface area is 97.9 Å². The average Bonchev–Trinajstić information content (AvgIpc) is 2.38. The van der Waals surface area contributed by atoms with Crippen molar-refractivity contribution in [3.8, 4) is 0 Å². The zero-order valence-corrected chi connectivity index (χ0v) is 9.95. The molecule has 0 saturated heterocycles. The summed E-state index contributed by atoms with van der Waals surface area (Å²) in [7, 11) is 0. The second-order valence-electron chi connectivity index (χ2n) is 4.38. The van der Waals surface area contributed by atoms with Gasteiger partial charge in [0.15, 0.2) is 0 Å². The van der Waals surface area contributed by atoms with Crippen LogP contribution < -0.4 is 0 Å². The van der Waals surface area contributed by atoms with Gasteiger partial charge in [0.1, 0.15) is 0 Å². The van der Waals surface area contributed by atoms with Gasteiger partial charge in [-0.25, -0.2) is 0 Å². The van der Waals surface area contributed by atoms with Crippen LogP contribution >= 0.6 is 0 Å². The molecule has 0 saturated carbocycles. The van der Waals surface area contributed by atoms with E-state index in [1.807, 2.05) is 6.07 Å². The third-order valence-corrected chi connectivity index (χ3v) is 3.10. The molecule has 0 bridgehead atoms. The van der Waals surface area contributed by atoms with Gasteiger partial charge in [-0.15, -0.1) is 0 Å². The standard InChI is InChI=1S/C15H19N/c1-13(15-10-6-3-7-11-15)16-12-14-8-4-2-5-9-14/h3,6-8,10-11H,2,4-5,9,12H2,1H3. The number of rotatable bonds is 3. The monoisotopic (exact) mass is 213 g/mol. The van der Waals surface area contributed by atoms with Gasteiger partial charge >= 0.3 is 0 Å². The van der Waals surface area contributed by atoms with E-state index in [1.54, 1.807) is 0 Å². The first kappa shape index (κ1) is 11.1. The summed E-state index contributed by atoms with van der Waals surface area (Å²) in [6.07, 6.45) is 7.54. The molecular weight excluding hydrogens is 194 g/mol. The molecule has 0 N–H and O–H groups in total. The molecule has 16 heavy (non-hydrogen) atoms. The first-order chi connectivity index (χ1) is 7.86. The van der Waals surface area contributed by atoms with E-state index in [0.29, 0.717) is 0 Å². The summed E-state index contributed by atoms with van der Waals surface area (Å²) in [4.78, 5) is 4.67. The Morgan fingerprint density at radius 2 is 2.00 bits per heavy atom. The Hall–Kier alpha value is -1.37. The van der Waals surface area contributed by atoms with Crippen LogP contribution in [0.5, 0.6) is 0 Å². The van der Waals surface area contributed by atoms with Crippen molar-refractivity contribution in [3.05, 3.63) is 47.5 Å². The van der Waals surface area contributed by atoms with Crippen LogP contribution in [0, 0.1) is 0 Å². The van der Waals surface area contributed by atoms with E-state index < -0.39 is 0 Å². The van der Waals surface area contributed by atoms with Gasteiger partial charge in [0.2, 0.25) is 0 Å². The van der Waals surface area contributed by atoms with Crippen molar-refractivity contribution in [2.75, 3.05) is 6.54 Å². The normalized spacial score (nSPS) is 17.1. The molecular formula is C15H19N. The van der Waals surface area contributed by atoms with Gasteiger partial charge in [0, 0.05) is 5.71 Å². The third kappa shape index (κ3) is 3.06. The average molecular weight is 213 g/mol. The first-order valence-electron chi connectivity index (χ1n) is 6.10. The predicted octanol–water partition coefficient (Wildman–Crippen LogP) is 4.00. The highest BCUT2D eigenvalue weighted by Crippen LogP contribution is 2.17. The first-order valence-corrected chi connectivity index (χ1v) is 6.10. The fourth-order valence-electron chi connectivity index (χ4n) is 2.04. The maximum atomic E-state index is 4.67. The number of hydrogen-bond donors (Lipinski definition) is 0. The summed E-state index contributed by atoms with van der Waals surface area (Å²) in [6.45, 7) is 2.99. The van der Waals surface area contributed by atoms with Gasteiger partial charge < -0.3 is 0 Å². The molecule has 0 atom stereocenters. The maximum absolute atomic E-state index is 4.67. The minimum Gasteiger partial charge on any atom is -0.285 e. The molecule has 0 unspecified atom stereocenters. The van der Waals surface area contributed by atoms with E-state index in [2.05, 4.69) is 42.3 Å². The number of nitrogens with zero attached hydrogens (tertiary/aromatic N) is 1. The van der Waals surface area contributed by atoms with Gasteiger partial charge in [0.25, 0.3) is 0 Å². The molecule has 1 nitrogen and oxygen atoms in total. The molecule has 0 aliphatic heterocycles. The van der Waals surface area contributed by atoms with Crippen molar-refractivity contribution in [2.24, 2.45) is 4.99 Å². The smallest absolute Gasteiger partial charge is 0.0603 e. The maximum Gasteiger partial charge on any atom is 0.0603 e. The quantitative estimate of drug-likeness (QED) is 0.531. The SMILES string of the molecule is CC(=NCC1=CCCCC1)c1ccccc1. The highest BCUT2D eigenvalue weighted by molar-refractivity contribution is 5.98. The van der Waals surface area contributed by atoms with Crippen molar-refractivity contribution >= 4 is 5.71 Å². The molecule has 0 radical (unpaired) electrons. The Bertz CT molecular complexity index is 387. The fourth-order valence-corrected chi connectivity index (χ4v) is 2.04. The molecule has 1 aromatic carbocycles. The zero-order chi connectivity index (χ0) is 11.2. The number of aliphatic imine (C=N–C) groups is 1. The van der Waals surface area contributed by atoms with Crippen molar-refractivity contribution in [1.29, 1.82) is 0 Å². The molecule has 0 aromatic heterocycles. The fraction of sp³-hybridized carbons (Fsp3) is 0.400. The lowest BCUT2D eigenvalue weighted by Gasteiger charge is -2.10. The highest BCUT2D eigenvalue weighted by Gasteiger charge is 2.02. The molecule has 0 amide bonds. The molecule has 1 aliphatic carbocycles. The second kappa shape index (κ2) is 5.64. The second-order valence-corrected chi connectivity index (χ2v) is 4.38. The van der Waals surface area contributed by atoms with E-state index in [9.17, 15) is 0 Å². The van der Waals surface area contributed by atoms with Crippen molar-refractivity contribution < 1.29 is 0 Å². The van der Waals surface area contributed by atoms with E-state index >= 15 is 0 Å². The van der Waals surface area contributed by atoms with Crippen LogP contribution in [-0.4, -0.2) is 12.3 Å². The van der Waals surface area contributed by atoms with E-state index in [4.69, 9.17) is 0 Å². The topological polar surface area (TPSA) is 12.4 Å². The lowest BCUT2D eigenvalue weighted by atomic mass is 10.00.